The van der Waals surface area contributed by atoms with Crippen LogP contribution in [0, 0.1) is 19.8 Å². The number of hydrogen-bond donors (Lipinski definition) is 2. The summed E-state index contributed by atoms with van der Waals surface area (Å²) in [6, 6.07) is 6.66. The van der Waals surface area contributed by atoms with Crippen LogP contribution in [0.2, 0.25) is 0 Å². The lowest BCUT2D eigenvalue weighted by Crippen LogP contribution is -2.75. The van der Waals surface area contributed by atoms with Crippen LogP contribution in [0.15, 0.2) is 24.3 Å². The van der Waals surface area contributed by atoms with Gasteiger partial charge in [0.2, 0.25) is 11.8 Å². The summed E-state index contributed by atoms with van der Waals surface area (Å²) in [6.45, 7) is 8.80. The van der Waals surface area contributed by atoms with Crippen molar-refractivity contribution in [2.45, 2.75) is 103 Å². The second-order valence-corrected chi connectivity index (χ2v) is 13.3. The first-order chi connectivity index (χ1) is 21.1. The number of aryl methyl sites for hydroxylation is 1. The number of amides is 3. The van der Waals surface area contributed by atoms with Gasteiger partial charge < -0.3 is 20.2 Å². The summed E-state index contributed by atoms with van der Waals surface area (Å²) in [6.07, 6.45) is 7.18. The van der Waals surface area contributed by atoms with E-state index < -0.39 is 17.7 Å². The molecule has 2 aromatic rings. The predicted molar refractivity (Wildman–Crippen MR) is 184 cm³/mol. The highest BCUT2D eigenvalue weighted by atomic mass is 35.5. The highest BCUT2D eigenvalue weighted by Crippen LogP contribution is 2.37. The zero-order valence-electron chi connectivity index (χ0n) is 28.0. The molecule has 2 atom stereocenters. The predicted octanol–water partition coefficient (Wildman–Crippen LogP) is 4.44. The molecule has 3 fully saturated rings. The molecule has 1 aromatic heterocycles. The summed E-state index contributed by atoms with van der Waals surface area (Å²) in [5, 5.41) is 19.1. The van der Waals surface area contributed by atoms with Gasteiger partial charge in [-0.3, -0.25) is 19.3 Å². The number of nitrogens with one attached hydrogen (secondary N) is 1. The van der Waals surface area contributed by atoms with E-state index in [9.17, 15) is 19.5 Å². The van der Waals surface area contributed by atoms with Gasteiger partial charge in [0.25, 0.3) is 5.91 Å². The molecular weight excluding hydrogens is 627 g/mol. The zero-order valence-corrected chi connectivity index (χ0v) is 29.6. The fourth-order valence-corrected chi connectivity index (χ4v) is 7.42. The smallest absolute Gasteiger partial charge is 0.253 e. The minimum atomic E-state index is -0.869. The van der Waals surface area contributed by atoms with Crippen molar-refractivity contribution >= 4 is 42.5 Å². The second-order valence-electron chi connectivity index (χ2n) is 13.3. The van der Waals surface area contributed by atoms with Gasteiger partial charge in [0.05, 0.1) is 17.5 Å². The van der Waals surface area contributed by atoms with E-state index in [0.29, 0.717) is 44.6 Å². The van der Waals surface area contributed by atoms with Crippen LogP contribution in [0.3, 0.4) is 0 Å². The maximum Gasteiger partial charge on any atom is 0.253 e. The van der Waals surface area contributed by atoms with Crippen molar-refractivity contribution in [2.24, 2.45) is 5.92 Å². The van der Waals surface area contributed by atoms with Crippen molar-refractivity contribution in [3.63, 3.8) is 0 Å². The summed E-state index contributed by atoms with van der Waals surface area (Å²) in [5.74, 6) is -0.196. The highest BCUT2D eigenvalue weighted by molar-refractivity contribution is 6.00. The molecule has 5 rings (SSSR count). The van der Waals surface area contributed by atoms with Gasteiger partial charge in [-0.25, -0.2) is 4.68 Å². The van der Waals surface area contributed by atoms with Crippen LogP contribution < -0.4 is 5.32 Å². The topological polar surface area (TPSA) is 111 Å². The van der Waals surface area contributed by atoms with E-state index in [4.69, 9.17) is 5.10 Å². The molecule has 3 amide bonds. The molecule has 256 valence electrons. The van der Waals surface area contributed by atoms with E-state index in [0.717, 1.165) is 61.2 Å². The number of aromatic nitrogens is 2. The largest absolute Gasteiger partial charge is 0.390 e. The van der Waals surface area contributed by atoms with Crippen LogP contribution in [-0.4, -0.2) is 98.7 Å². The van der Waals surface area contributed by atoms with Gasteiger partial charge in [-0.15, -0.1) is 24.8 Å². The van der Waals surface area contributed by atoms with Crippen molar-refractivity contribution in [2.75, 3.05) is 33.7 Å². The van der Waals surface area contributed by atoms with Gasteiger partial charge in [-0.1, -0.05) is 32.6 Å². The zero-order chi connectivity index (χ0) is 31.6. The Balaban J connectivity index is 0.00000288. The van der Waals surface area contributed by atoms with Crippen molar-refractivity contribution < 1.29 is 19.5 Å². The molecule has 2 saturated heterocycles. The Hall–Kier alpha value is -2.66. The first-order valence-corrected chi connectivity index (χ1v) is 16.5. The molecule has 3 heterocycles. The number of halogens is 2. The quantitative estimate of drug-likeness (QED) is 0.406. The molecule has 10 nitrogen and oxygen atoms in total. The third-order valence-corrected chi connectivity index (χ3v) is 10.2. The minimum absolute atomic E-state index is 0. The molecule has 0 unspecified atom stereocenters. The van der Waals surface area contributed by atoms with Gasteiger partial charge in [0.15, 0.2) is 0 Å². The second kappa shape index (κ2) is 16.0. The number of carbonyl (C=O) groups is 3. The normalized spacial score (nSPS) is 20.9. The number of unbranched alkanes of at least 4 members (excludes halogenated alkanes) is 1. The lowest BCUT2D eigenvalue weighted by Gasteiger charge is -2.52. The van der Waals surface area contributed by atoms with E-state index in [1.54, 1.807) is 19.0 Å². The minimum Gasteiger partial charge on any atom is -0.390 e. The van der Waals surface area contributed by atoms with Crippen LogP contribution in [0.1, 0.15) is 92.0 Å². The molecule has 3 aliphatic rings. The number of likely N-dealkylation sites (tertiary alicyclic amines) is 1. The molecule has 12 heteroatoms. The summed E-state index contributed by atoms with van der Waals surface area (Å²) in [4.78, 5) is 45.8. The number of benzene rings is 1. The first kappa shape index (κ1) is 37.8. The summed E-state index contributed by atoms with van der Waals surface area (Å²) in [7, 11) is 3.49. The number of aliphatic hydroxyl groups excluding tert-OH is 1. The average molecular weight is 680 g/mol. The number of rotatable bonds is 9. The molecule has 1 saturated carbocycles. The Morgan fingerprint density at radius 2 is 1.70 bits per heavy atom. The Labute approximate surface area is 286 Å². The van der Waals surface area contributed by atoms with E-state index in [1.807, 2.05) is 40.8 Å². The Morgan fingerprint density at radius 1 is 1.07 bits per heavy atom. The van der Waals surface area contributed by atoms with Crippen molar-refractivity contribution in [3.05, 3.63) is 46.8 Å². The third kappa shape index (κ3) is 7.40. The van der Waals surface area contributed by atoms with E-state index in [2.05, 4.69) is 24.1 Å². The maximum atomic E-state index is 13.9. The van der Waals surface area contributed by atoms with Crippen molar-refractivity contribution in [3.8, 4) is 5.69 Å². The van der Waals surface area contributed by atoms with Gasteiger partial charge >= 0.3 is 0 Å². The SMILES string of the molecule is CCCCN1C(=O)[C@@H]([C@H](O)C2CCCCC2)NC(=O)C12CCN(Cc1c(C)nn(-c3ccc(C(=O)N(C)C)cc3)c1C)CC2.Cl.Cl. The first-order valence-electron chi connectivity index (χ1n) is 16.5. The molecule has 0 radical (unpaired) electrons. The maximum absolute atomic E-state index is 13.9. The van der Waals surface area contributed by atoms with Crippen LogP contribution >= 0.6 is 24.8 Å². The van der Waals surface area contributed by atoms with Gasteiger partial charge in [0, 0.05) is 57.1 Å². The number of piperazine rings is 1. The number of carbonyl (C=O) groups excluding carboxylic acids is 3. The fraction of sp³-hybridized carbons (Fsp3) is 0.647. The molecule has 1 aliphatic carbocycles. The average Bonchev–Trinajstić information content (AvgIpc) is 3.31. The molecule has 46 heavy (non-hydrogen) atoms. The Kier molecular flexibility index (Phi) is 13.1. The Bertz CT molecular complexity index is 1350. The van der Waals surface area contributed by atoms with Gasteiger partial charge in [0.1, 0.15) is 11.6 Å². The number of piperidine rings is 1. The molecule has 2 N–H and O–H groups in total. The van der Waals surface area contributed by atoms with Crippen LogP contribution in [0.5, 0.6) is 0 Å². The number of aliphatic hydroxyl groups is 1. The standard InChI is InChI=1S/C34H50N6O4.2ClH/c1-6-7-19-39-32(43)29(30(41)25-11-9-8-10-12-25)35-33(44)34(39)17-20-38(21-18-34)22-28-23(2)36-40(24(28)3)27-15-13-26(14-16-27)31(42)37(4)5;;/h13-16,25,29-30,41H,6-12,17-22H2,1-5H3,(H,35,44);2*1H/t29-,30-;;/m1../s1. The Morgan fingerprint density at radius 3 is 2.28 bits per heavy atom. The summed E-state index contributed by atoms with van der Waals surface area (Å²) < 4.78 is 1.93. The fourth-order valence-electron chi connectivity index (χ4n) is 7.42. The van der Waals surface area contributed by atoms with E-state index in [1.165, 1.54) is 6.42 Å². The van der Waals surface area contributed by atoms with Crippen LogP contribution in [-0.2, 0) is 16.1 Å². The third-order valence-electron chi connectivity index (χ3n) is 10.2. The molecule has 1 aromatic carbocycles. The summed E-state index contributed by atoms with van der Waals surface area (Å²) in [5.41, 5.74) is 3.81. The van der Waals surface area contributed by atoms with Crippen molar-refractivity contribution in [1.82, 2.24) is 29.8 Å². The van der Waals surface area contributed by atoms with Crippen LogP contribution in [0.25, 0.3) is 5.69 Å². The number of hydrogen-bond acceptors (Lipinski definition) is 6. The molecule has 0 bridgehead atoms. The van der Waals surface area contributed by atoms with Gasteiger partial charge in [-0.2, -0.15) is 5.10 Å². The van der Waals surface area contributed by atoms with Gasteiger partial charge in [-0.05, 0) is 76.1 Å². The van der Waals surface area contributed by atoms with E-state index >= 15 is 0 Å². The van der Waals surface area contributed by atoms with Crippen molar-refractivity contribution in [1.29, 1.82) is 0 Å². The lowest BCUT2D eigenvalue weighted by molar-refractivity contribution is -0.166. The molecule has 2 aliphatic heterocycles. The molecule has 1 spiro atoms. The van der Waals surface area contributed by atoms with E-state index in [-0.39, 0.29) is 48.5 Å². The lowest BCUT2D eigenvalue weighted by atomic mass is 9.78. The monoisotopic (exact) mass is 678 g/mol. The molecular formula is C34H52Cl2N6O4. The summed E-state index contributed by atoms with van der Waals surface area (Å²) >= 11 is 0. The number of nitrogens with zero attached hydrogens (tertiary/aromatic N) is 5. The highest BCUT2D eigenvalue weighted by Gasteiger charge is 2.55. The van der Waals surface area contributed by atoms with Crippen LogP contribution in [0.4, 0.5) is 0 Å².